The lowest BCUT2D eigenvalue weighted by atomic mass is 9.95. The third-order valence-corrected chi connectivity index (χ3v) is 8.40. The number of para-hydroxylation sites is 1. The van der Waals surface area contributed by atoms with Crippen molar-refractivity contribution < 1.29 is 4.42 Å². The van der Waals surface area contributed by atoms with Crippen molar-refractivity contribution in [3.63, 3.8) is 0 Å². The first-order valence-electron chi connectivity index (χ1n) is 14.9. The highest BCUT2D eigenvalue weighted by molar-refractivity contribution is 6.11. The minimum absolute atomic E-state index is 0.809. The van der Waals surface area contributed by atoms with Gasteiger partial charge in [0.2, 0.25) is 0 Å². The Bertz CT molecular complexity index is 2520. The zero-order valence-corrected chi connectivity index (χ0v) is 24.1. The van der Waals surface area contributed by atoms with E-state index in [9.17, 15) is 0 Å². The Morgan fingerprint density at radius 1 is 0.400 bits per heavy atom. The van der Waals surface area contributed by atoms with Gasteiger partial charge in [0.15, 0.2) is 0 Å². The van der Waals surface area contributed by atoms with Gasteiger partial charge in [0.05, 0.1) is 33.8 Å². The summed E-state index contributed by atoms with van der Waals surface area (Å²) >= 11 is 0. The highest BCUT2D eigenvalue weighted by atomic mass is 16.3. The van der Waals surface area contributed by atoms with Crippen LogP contribution in [0.1, 0.15) is 0 Å². The molecule has 0 unspecified atom stereocenters. The Kier molecular flexibility index (Phi) is 5.74. The van der Waals surface area contributed by atoms with Crippen LogP contribution < -0.4 is 0 Å². The van der Waals surface area contributed by atoms with Crippen LogP contribution in [-0.4, -0.2) is 19.9 Å². The molecule has 0 bridgehead atoms. The third-order valence-electron chi connectivity index (χ3n) is 8.40. The number of benzene rings is 4. The van der Waals surface area contributed by atoms with Crippen molar-refractivity contribution in [1.82, 2.24) is 19.9 Å². The first-order chi connectivity index (χ1) is 22.3. The SMILES string of the molecule is c1ccc(-c2ccc3cc(-c4ccc(-c5ccc6oc7ccccc7c6c5)cc4)c4ccc(-c5ccccn5)nc4c3n2)nc1. The normalized spacial score (nSPS) is 11.6. The highest BCUT2D eigenvalue weighted by Crippen LogP contribution is 2.37. The Morgan fingerprint density at radius 3 is 1.80 bits per heavy atom. The van der Waals surface area contributed by atoms with Crippen molar-refractivity contribution in [2.24, 2.45) is 0 Å². The lowest BCUT2D eigenvalue weighted by molar-refractivity contribution is 0.669. The van der Waals surface area contributed by atoms with Crippen LogP contribution in [0.25, 0.3) is 88.8 Å². The van der Waals surface area contributed by atoms with E-state index in [4.69, 9.17) is 14.4 Å². The number of hydrogen-bond acceptors (Lipinski definition) is 5. The van der Waals surface area contributed by atoms with Gasteiger partial charge < -0.3 is 4.42 Å². The van der Waals surface area contributed by atoms with E-state index in [0.29, 0.717) is 0 Å². The predicted molar refractivity (Wildman–Crippen MR) is 182 cm³/mol. The number of aromatic nitrogens is 4. The summed E-state index contributed by atoms with van der Waals surface area (Å²) < 4.78 is 6.05. The summed E-state index contributed by atoms with van der Waals surface area (Å²) in [4.78, 5) is 19.3. The van der Waals surface area contributed by atoms with Gasteiger partial charge in [0, 0.05) is 33.9 Å². The average Bonchev–Trinajstić information content (AvgIpc) is 3.50. The minimum Gasteiger partial charge on any atom is -0.456 e. The van der Waals surface area contributed by atoms with E-state index in [2.05, 4.69) is 82.8 Å². The maximum atomic E-state index is 6.05. The molecule has 0 saturated carbocycles. The molecule has 5 heterocycles. The van der Waals surface area contributed by atoms with Crippen LogP contribution in [0, 0.1) is 0 Å². The fourth-order valence-corrected chi connectivity index (χ4v) is 6.17. The molecule has 0 N–H and O–H groups in total. The number of pyridine rings is 4. The molecule has 4 aromatic carbocycles. The third kappa shape index (κ3) is 4.33. The standard InChI is InChI=1S/C40H24N4O/c1-2-10-37-29(7-1)32-23-27(16-20-38(32)45-37)25-11-13-26(14-12-25)31-24-28-15-18-35(33-8-3-5-21-41-33)43-39(28)40-30(31)17-19-36(44-40)34-9-4-6-22-42-34/h1-24H. The van der Waals surface area contributed by atoms with Gasteiger partial charge in [-0.15, -0.1) is 0 Å². The number of hydrogen-bond donors (Lipinski definition) is 0. The largest absolute Gasteiger partial charge is 0.456 e. The molecule has 9 aromatic rings. The van der Waals surface area contributed by atoms with Gasteiger partial charge in [-0.25, -0.2) is 9.97 Å². The van der Waals surface area contributed by atoms with Crippen molar-refractivity contribution in [3.05, 3.63) is 146 Å². The summed E-state index contributed by atoms with van der Waals surface area (Å²) in [5, 5.41) is 4.31. The first kappa shape index (κ1) is 25.3. The molecule has 210 valence electrons. The molecule has 0 fully saturated rings. The van der Waals surface area contributed by atoms with Gasteiger partial charge in [-0.3, -0.25) is 9.97 Å². The zero-order valence-electron chi connectivity index (χ0n) is 24.1. The van der Waals surface area contributed by atoms with E-state index in [-0.39, 0.29) is 0 Å². The first-order valence-corrected chi connectivity index (χ1v) is 14.9. The van der Waals surface area contributed by atoms with E-state index in [1.807, 2.05) is 60.7 Å². The molecule has 0 atom stereocenters. The Labute approximate surface area is 258 Å². The average molecular weight is 577 g/mol. The fourth-order valence-electron chi connectivity index (χ4n) is 6.17. The molecule has 9 rings (SSSR count). The van der Waals surface area contributed by atoms with Crippen molar-refractivity contribution in [2.75, 3.05) is 0 Å². The summed E-state index contributed by atoms with van der Waals surface area (Å²) in [7, 11) is 0. The molecule has 0 aliphatic rings. The van der Waals surface area contributed by atoms with E-state index in [1.54, 1.807) is 12.4 Å². The van der Waals surface area contributed by atoms with Gasteiger partial charge >= 0.3 is 0 Å². The van der Waals surface area contributed by atoms with Gasteiger partial charge in [-0.1, -0.05) is 66.7 Å². The summed E-state index contributed by atoms with van der Waals surface area (Å²) in [6.07, 6.45) is 3.58. The Morgan fingerprint density at radius 2 is 1.04 bits per heavy atom. The molecular formula is C40H24N4O. The quantitative estimate of drug-likeness (QED) is 0.195. The van der Waals surface area contributed by atoms with E-state index >= 15 is 0 Å². The monoisotopic (exact) mass is 576 g/mol. The summed E-state index contributed by atoms with van der Waals surface area (Å²) in [6.45, 7) is 0. The van der Waals surface area contributed by atoms with E-state index < -0.39 is 0 Å². The van der Waals surface area contributed by atoms with Crippen LogP contribution in [0.2, 0.25) is 0 Å². The van der Waals surface area contributed by atoms with E-state index in [0.717, 1.165) is 88.8 Å². The molecule has 45 heavy (non-hydrogen) atoms. The van der Waals surface area contributed by atoms with Crippen LogP contribution in [0.4, 0.5) is 0 Å². The molecule has 5 nitrogen and oxygen atoms in total. The van der Waals surface area contributed by atoms with Crippen molar-refractivity contribution in [2.45, 2.75) is 0 Å². The molecule has 0 aliphatic heterocycles. The maximum Gasteiger partial charge on any atom is 0.135 e. The second kappa shape index (κ2) is 10.2. The van der Waals surface area contributed by atoms with Crippen molar-refractivity contribution >= 4 is 43.7 Å². The maximum absolute atomic E-state index is 6.05. The summed E-state index contributed by atoms with van der Waals surface area (Å²) in [5.74, 6) is 0. The minimum atomic E-state index is 0.809. The van der Waals surface area contributed by atoms with Crippen LogP contribution in [0.15, 0.2) is 150 Å². The van der Waals surface area contributed by atoms with Gasteiger partial charge in [0.25, 0.3) is 0 Å². The number of rotatable bonds is 4. The molecule has 0 spiro atoms. The topological polar surface area (TPSA) is 64.7 Å². The lowest BCUT2D eigenvalue weighted by Gasteiger charge is -2.13. The number of furan rings is 1. The fraction of sp³-hybridized carbons (Fsp3) is 0. The van der Waals surface area contributed by atoms with Crippen LogP contribution >= 0.6 is 0 Å². The molecule has 5 heteroatoms. The molecule has 5 aromatic heterocycles. The smallest absolute Gasteiger partial charge is 0.135 e. The highest BCUT2D eigenvalue weighted by Gasteiger charge is 2.15. The molecule has 0 saturated heterocycles. The molecular weight excluding hydrogens is 552 g/mol. The second-order valence-electron chi connectivity index (χ2n) is 11.1. The number of fused-ring (bicyclic) bond motifs is 6. The van der Waals surface area contributed by atoms with Crippen molar-refractivity contribution in [1.29, 1.82) is 0 Å². The Hall–Kier alpha value is -6.20. The van der Waals surface area contributed by atoms with Gasteiger partial charge in [0.1, 0.15) is 11.2 Å². The molecule has 0 radical (unpaired) electrons. The van der Waals surface area contributed by atoms with Gasteiger partial charge in [-0.05, 0) is 89.0 Å². The van der Waals surface area contributed by atoms with E-state index in [1.165, 1.54) is 0 Å². The molecule has 0 amide bonds. The summed E-state index contributed by atoms with van der Waals surface area (Å²) in [5.41, 5.74) is 11.3. The Balaban J connectivity index is 1.19. The van der Waals surface area contributed by atoms with Crippen LogP contribution in [0.5, 0.6) is 0 Å². The zero-order chi connectivity index (χ0) is 29.7. The van der Waals surface area contributed by atoms with Crippen LogP contribution in [-0.2, 0) is 0 Å². The van der Waals surface area contributed by atoms with Crippen molar-refractivity contribution in [3.8, 4) is 45.0 Å². The van der Waals surface area contributed by atoms with Gasteiger partial charge in [-0.2, -0.15) is 0 Å². The lowest BCUT2D eigenvalue weighted by Crippen LogP contribution is -1.94. The predicted octanol–water partition coefficient (Wildman–Crippen LogP) is 10.1. The number of nitrogens with zero attached hydrogens (tertiary/aromatic N) is 4. The summed E-state index contributed by atoms with van der Waals surface area (Å²) in [6, 6.07) is 45.6. The second-order valence-corrected chi connectivity index (χ2v) is 11.1. The molecule has 0 aliphatic carbocycles. The van der Waals surface area contributed by atoms with Crippen LogP contribution in [0.3, 0.4) is 0 Å².